The zero-order valence-corrected chi connectivity index (χ0v) is 14.2. The zero-order chi connectivity index (χ0) is 16.3. The molecule has 0 aromatic rings. The number of rotatable bonds is 12. The molecule has 0 radical (unpaired) electrons. The third kappa shape index (κ3) is 24.4. The summed E-state index contributed by atoms with van der Waals surface area (Å²) < 4.78 is 5.01. The Morgan fingerprint density at radius 2 is 1.33 bits per heavy atom. The molecule has 4 nitrogen and oxygen atoms in total. The number of aliphatic carboxylic acids is 1. The van der Waals surface area contributed by atoms with Gasteiger partial charge in [0.15, 0.2) is 0 Å². The minimum absolute atomic E-state index is 0.0343. The van der Waals surface area contributed by atoms with Crippen LogP contribution >= 0.6 is 0 Å². The fraction of sp³-hybridized carbons (Fsp3) is 0.882. The molecule has 0 aromatic carbocycles. The highest BCUT2D eigenvalue weighted by Gasteiger charge is 1.99. The highest BCUT2D eigenvalue weighted by Crippen LogP contribution is 2.01. The van der Waals surface area contributed by atoms with Crippen LogP contribution < -0.4 is 0 Å². The molecular formula is C17H34O4. The second kappa shape index (κ2) is 18.9. The highest BCUT2D eigenvalue weighted by atomic mass is 16.5. The summed E-state index contributed by atoms with van der Waals surface area (Å²) in [5.74, 6) is -0.709. The Bertz CT molecular complexity index is 239. The quantitative estimate of drug-likeness (QED) is 0.409. The molecule has 0 atom stereocenters. The summed E-state index contributed by atoms with van der Waals surface area (Å²) in [5.41, 5.74) is 0. The van der Waals surface area contributed by atoms with E-state index in [0.717, 1.165) is 44.9 Å². The van der Waals surface area contributed by atoms with Crippen molar-refractivity contribution in [3.8, 4) is 0 Å². The Morgan fingerprint density at radius 1 is 0.762 bits per heavy atom. The van der Waals surface area contributed by atoms with Gasteiger partial charge in [-0.15, -0.1) is 0 Å². The lowest BCUT2D eigenvalue weighted by Crippen LogP contribution is -2.05. The molecule has 0 unspecified atom stereocenters. The minimum Gasteiger partial charge on any atom is -0.481 e. The monoisotopic (exact) mass is 302 g/mol. The summed E-state index contributed by atoms with van der Waals surface area (Å²) in [5, 5.41) is 8.21. The van der Waals surface area contributed by atoms with Gasteiger partial charge in [-0.25, -0.2) is 0 Å². The predicted octanol–water partition coefficient (Wildman–Crippen LogP) is 4.95. The number of unbranched alkanes of at least 4 members (excludes halogenated alkanes) is 6. The number of carbonyl (C=O) groups is 2. The van der Waals surface area contributed by atoms with Crippen LogP contribution in [0, 0.1) is 0 Å². The van der Waals surface area contributed by atoms with Crippen LogP contribution in [0.2, 0.25) is 0 Å². The first kappa shape index (κ1) is 22.2. The Kier molecular flexibility index (Phi) is 20.0. The van der Waals surface area contributed by atoms with Gasteiger partial charge in [-0.3, -0.25) is 9.59 Å². The van der Waals surface area contributed by atoms with Gasteiger partial charge >= 0.3 is 11.9 Å². The molecule has 0 aliphatic heterocycles. The lowest BCUT2D eigenvalue weighted by molar-refractivity contribution is -0.144. The molecule has 126 valence electrons. The molecule has 0 bridgehead atoms. The van der Waals surface area contributed by atoms with Gasteiger partial charge in [0.2, 0.25) is 0 Å². The van der Waals surface area contributed by atoms with E-state index in [1.165, 1.54) is 12.8 Å². The highest BCUT2D eigenvalue weighted by molar-refractivity contribution is 5.69. The smallest absolute Gasteiger partial charge is 0.305 e. The number of carboxylic acid groups (broad SMARTS) is 1. The van der Waals surface area contributed by atoms with Crippen molar-refractivity contribution < 1.29 is 19.4 Å². The summed E-state index contributed by atoms with van der Waals surface area (Å²) in [6.45, 7) is 6.93. The van der Waals surface area contributed by atoms with Crippen LogP contribution in [0.4, 0.5) is 0 Å². The van der Waals surface area contributed by atoms with Gasteiger partial charge in [0.1, 0.15) is 0 Å². The maximum atomic E-state index is 10.9. The van der Waals surface area contributed by atoms with E-state index in [-0.39, 0.29) is 5.97 Å². The zero-order valence-electron chi connectivity index (χ0n) is 14.2. The van der Waals surface area contributed by atoms with Gasteiger partial charge in [-0.05, 0) is 19.3 Å². The largest absolute Gasteiger partial charge is 0.481 e. The SMILES string of the molecule is CCCCCCC(=O)O.CCCCCOC(=O)CCCC. The van der Waals surface area contributed by atoms with E-state index in [4.69, 9.17) is 9.84 Å². The van der Waals surface area contributed by atoms with Gasteiger partial charge in [0.25, 0.3) is 0 Å². The second-order valence-corrected chi connectivity index (χ2v) is 5.24. The van der Waals surface area contributed by atoms with Crippen LogP contribution in [-0.2, 0) is 14.3 Å². The Morgan fingerprint density at radius 3 is 1.86 bits per heavy atom. The molecule has 0 saturated heterocycles. The lowest BCUT2D eigenvalue weighted by atomic mass is 10.2. The molecule has 0 rings (SSSR count). The summed E-state index contributed by atoms with van der Waals surface area (Å²) in [6, 6.07) is 0. The van der Waals surface area contributed by atoms with Gasteiger partial charge in [0, 0.05) is 12.8 Å². The number of carbonyl (C=O) groups excluding carboxylic acids is 1. The topological polar surface area (TPSA) is 63.6 Å². The van der Waals surface area contributed by atoms with Gasteiger partial charge in [-0.1, -0.05) is 59.3 Å². The number of esters is 1. The van der Waals surface area contributed by atoms with Crippen molar-refractivity contribution in [2.24, 2.45) is 0 Å². The molecule has 0 spiro atoms. The van der Waals surface area contributed by atoms with Gasteiger partial charge in [0.05, 0.1) is 6.61 Å². The number of carboxylic acids is 1. The number of hydrogen-bond donors (Lipinski definition) is 1. The third-order valence-electron chi connectivity index (χ3n) is 2.99. The molecular weight excluding hydrogens is 268 g/mol. The van der Waals surface area contributed by atoms with Crippen molar-refractivity contribution in [1.29, 1.82) is 0 Å². The van der Waals surface area contributed by atoms with Crippen molar-refractivity contribution in [2.45, 2.75) is 91.4 Å². The van der Waals surface area contributed by atoms with Crippen LogP contribution in [0.5, 0.6) is 0 Å². The van der Waals surface area contributed by atoms with Crippen LogP contribution in [0.15, 0.2) is 0 Å². The van der Waals surface area contributed by atoms with Crippen molar-refractivity contribution in [2.75, 3.05) is 6.61 Å². The molecule has 0 fully saturated rings. The molecule has 0 aliphatic carbocycles. The van der Waals surface area contributed by atoms with Crippen molar-refractivity contribution >= 4 is 11.9 Å². The van der Waals surface area contributed by atoms with E-state index in [0.29, 0.717) is 19.4 Å². The first-order valence-corrected chi connectivity index (χ1v) is 8.45. The van der Waals surface area contributed by atoms with Crippen molar-refractivity contribution in [3.63, 3.8) is 0 Å². The van der Waals surface area contributed by atoms with Crippen LogP contribution in [0.3, 0.4) is 0 Å². The summed E-state index contributed by atoms with van der Waals surface area (Å²) in [4.78, 5) is 20.9. The van der Waals surface area contributed by atoms with E-state index in [1.807, 2.05) is 0 Å². The standard InChI is InChI=1S/C10H20O2.C7H14O2/c1-3-5-7-9-12-10(11)8-6-4-2;1-2-3-4-5-6-7(8)9/h3-9H2,1-2H3;2-6H2,1H3,(H,8,9). The Labute approximate surface area is 130 Å². The molecule has 0 amide bonds. The summed E-state index contributed by atoms with van der Waals surface area (Å²) in [7, 11) is 0. The predicted molar refractivity (Wildman–Crippen MR) is 86.4 cm³/mol. The fourth-order valence-corrected chi connectivity index (χ4v) is 1.63. The van der Waals surface area contributed by atoms with Gasteiger partial charge < -0.3 is 9.84 Å². The van der Waals surface area contributed by atoms with E-state index >= 15 is 0 Å². The van der Waals surface area contributed by atoms with E-state index in [9.17, 15) is 9.59 Å². The molecule has 0 aromatic heterocycles. The first-order valence-electron chi connectivity index (χ1n) is 8.45. The number of hydrogen-bond acceptors (Lipinski definition) is 3. The second-order valence-electron chi connectivity index (χ2n) is 5.24. The van der Waals surface area contributed by atoms with Crippen LogP contribution in [-0.4, -0.2) is 23.7 Å². The lowest BCUT2D eigenvalue weighted by Gasteiger charge is -2.02. The molecule has 0 heterocycles. The molecule has 1 N–H and O–H groups in total. The summed E-state index contributed by atoms with van der Waals surface area (Å²) >= 11 is 0. The maximum Gasteiger partial charge on any atom is 0.305 e. The van der Waals surface area contributed by atoms with Gasteiger partial charge in [-0.2, -0.15) is 0 Å². The molecule has 0 aliphatic rings. The fourth-order valence-electron chi connectivity index (χ4n) is 1.63. The van der Waals surface area contributed by atoms with E-state index in [1.54, 1.807) is 0 Å². The van der Waals surface area contributed by atoms with E-state index < -0.39 is 5.97 Å². The van der Waals surface area contributed by atoms with Crippen molar-refractivity contribution in [1.82, 2.24) is 0 Å². The average Bonchev–Trinajstić information content (AvgIpc) is 2.46. The maximum absolute atomic E-state index is 10.9. The summed E-state index contributed by atoms with van der Waals surface area (Å²) in [6.07, 6.45) is 10.5. The molecule has 4 heteroatoms. The molecule has 0 saturated carbocycles. The third-order valence-corrected chi connectivity index (χ3v) is 2.99. The normalized spacial score (nSPS) is 9.67. The van der Waals surface area contributed by atoms with Crippen molar-refractivity contribution in [3.05, 3.63) is 0 Å². The Hall–Kier alpha value is -1.06. The van der Waals surface area contributed by atoms with E-state index in [2.05, 4.69) is 20.8 Å². The number of ether oxygens (including phenoxy) is 1. The average molecular weight is 302 g/mol. The van der Waals surface area contributed by atoms with Crippen LogP contribution in [0.1, 0.15) is 91.4 Å². The van der Waals surface area contributed by atoms with Crippen LogP contribution in [0.25, 0.3) is 0 Å². The molecule has 21 heavy (non-hydrogen) atoms. The minimum atomic E-state index is -0.675. The Balaban J connectivity index is 0. The first-order chi connectivity index (χ1) is 10.1.